The molecule has 0 heterocycles. The number of rotatable bonds is 5. The van der Waals surface area contributed by atoms with Gasteiger partial charge >= 0.3 is 0 Å². The van der Waals surface area contributed by atoms with Crippen LogP contribution in [0.15, 0.2) is 24.3 Å². The van der Waals surface area contributed by atoms with Crippen LogP contribution in [0, 0.1) is 11.8 Å². The van der Waals surface area contributed by atoms with E-state index in [0.29, 0.717) is 6.04 Å². The second-order valence-corrected chi connectivity index (χ2v) is 5.48. The van der Waals surface area contributed by atoms with E-state index < -0.39 is 0 Å². The van der Waals surface area contributed by atoms with Crippen LogP contribution in [0.3, 0.4) is 0 Å². The third-order valence-corrected chi connectivity index (χ3v) is 3.88. The Balaban J connectivity index is 1.68. The molecule has 2 fully saturated rings. The number of anilines is 1. The third kappa shape index (κ3) is 2.51. The Morgan fingerprint density at radius 3 is 2.06 bits per heavy atom. The van der Waals surface area contributed by atoms with Crippen molar-refractivity contribution < 1.29 is 4.79 Å². The third-order valence-electron chi connectivity index (χ3n) is 3.88. The first-order valence-corrected chi connectivity index (χ1v) is 6.61. The maximum atomic E-state index is 11.2. The smallest absolute Gasteiger partial charge is 0.159 e. The van der Waals surface area contributed by atoms with Gasteiger partial charge in [0.05, 0.1) is 0 Å². The highest BCUT2D eigenvalue weighted by Crippen LogP contribution is 2.45. The van der Waals surface area contributed by atoms with Gasteiger partial charge in [0.15, 0.2) is 5.78 Å². The van der Waals surface area contributed by atoms with Crippen molar-refractivity contribution in [3.8, 4) is 0 Å². The van der Waals surface area contributed by atoms with E-state index in [4.69, 9.17) is 0 Å². The summed E-state index contributed by atoms with van der Waals surface area (Å²) in [5.74, 6) is 1.93. The molecule has 0 spiro atoms. The van der Waals surface area contributed by atoms with Crippen LogP contribution in [0.5, 0.6) is 0 Å². The molecule has 0 atom stereocenters. The van der Waals surface area contributed by atoms with Crippen molar-refractivity contribution in [1.29, 1.82) is 0 Å². The zero-order chi connectivity index (χ0) is 11.8. The van der Waals surface area contributed by atoms with Crippen molar-refractivity contribution >= 4 is 11.5 Å². The van der Waals surface area contributed by atoms with Crippen LogP contribution >= 0.6 is 0 Å². The molecule has 2 nitrogen and oxygen atoms in total. The molecule has 2 aliphatic rings. The number of nitrogens with one attached hydrogen (secondary N) is 1. The maximum absolute atomic E-state index is 11.2. The number of carbonyl (C=O) groups is 1. The predicted octanol–water partition coefficient (Wildman–Crippen LogP) is 3.49. The minimum atomic E-state index is 0.137. The van der Waals surface area contributed by atoms with Gasteiger partial charge in [0.2, 0.25) is 0 Å². The molecular weight excluding hydrogens is 210 g/mol. The number of Topliss-reactive ketones (excluding diaryl/α,β-unsaturated/α-hetero) is 1. The van der Waals surface area contributed by atoms with Crippen molar-refractivity contribution in [3.63, 3.8) is 0 Å². The van der Waals surface area contributed by atoms with Crippen LogP contribution in [-0.2, 0) is 0 Å². The van der Waals surface area contributed by atoms with Gasteiger partial charge in [0.1, 0.15) is 0 Å². The van der Waals surface area contributed by atoms with E-state index in [9.17, 15) is 4.79 Å². The summed E-state index contributed by atoms with van der Waals surface area (Å²) >= 11 is 0. The average Bonchev–Trinajstić information content (AvgIpc) is 3.17. The van der Waals surface area contributed by atoms with Crippen molar-refractivity contribution in [3.05, 3.63) is 29.8 Å². The van der Waals surface area contributed by atoms with Gasteiger partial charge in [-0.2, -0.15) is 0 Å². The lowest BCUT2D eigenvalue weighted by atomic mass is 10.1. The largest absolute Gasteiger partial charge is 0.382 e. The molecule has 0 amide bonds. The minimum absolute atomic E-state index is 0.137. The molecular formula is C15H19NO. The molecule has 0 aromatic heterocycles. The first kappa shape index (κ1) is 10.8. The summed E-state index contributed by atoms with van der Waals surface area (Å²) in [4.78, 5) is 11.2. The summed E-state index contributed by atoms with van der Waals surface area (Å²) in [5, 5.41) is 3.66. The number of ketones is 1. The lowest BCUT2D eigenvalue weighted by molar-refractivity contribution is 0.101. The Kier molecular flexibility index (Phi) is 2.65. The average molecular weight is 229 g/mol. The van der Waals surface area contributed by atoms with Crippen LogP contribution < -0.4 is 5.32 Å². The number of hydrogen-bond acceptors (Lipinski definition) is 2. The van der Waals surface area contributed by atoms with Crippen LogP contribution in [0.1, 0.15) is 43.0 Å². The first-order valence-electron chi connectivity index (χ1n) is 6.61. The molecule has 2 aliphatic carbocycles. The summed E-state index contributed by atoms with van der Waals surface area (Å²) in [6, 6.07) is 8.59. The Bertz CT molecular complexity index is 403. The van der Waals surface area contributed by atoms with Crippen molar-refractivity contribution in [2.75, 3.05) is 5.32 Å². The van der Waals surface area contributed by atoms with Crippen molar-refractivity contribution in [1.82, 2.24) is 0 Å². The molecule has 2 heteroatoms. The Hall–Kier alpha value is -1.31. The zero-order valence-corrected chi connectivity index (χ0v) is 10.3. The van der Waals surface area contributed by atoms with Gasteiger partial charge in [0, 0.05) is 17.3 Å². The SMILES string of the molecule is CC(=O)c1ccc(NC(C2CC2)C2CC2)cc1. The standard InChI is InChI=1S/C15H19NO/c1-10(17)11-6-8-14(9-7-11)16-15(12-2-3-12)13-4-5-13/h6-9,12-13,15-16H,2-5H2,1H3. The van der Waals surface area contributed by atoms with E-state index in [-0.39, 0.29) is 5.78 Å². The van der Waals surface area contributed by atoms with E-state index in [2.05, 4.69) is 5.32 Å². The molecule has 0 bridgehead atoms. The van der Waals surface area contributed by atoms with Crippen molar-refractivity contribution in [2.45, 2.75) is 38.6 Å². The molecule has 1 aromatic rings. The Labute approximate surface area is 102 Å². The van der Waals surface area contributed by atoms with E-state index in [1.807, 2.05) is 24.3 Å². The van der Waals surface area contributed by atoms with E-state index in [1.54, 1.807) is 6.92 Å². The summed E-state index contributed by atoms with van der Waals surface area (Å²) in [6.07, 6.45) is 5.55. The number of hydrogen-bond donors (Lipinski definition) is 1. The molecule has 1 aromatic carbocycles. The lowest BCUT2D eigenvalue weighted by Gasteiger charge is -2.19. The van der Waals surface area contributed by atoms with Crippen LogP contribution in [-0.4, -0.2) is 11.8 Å². The predicted molar refractivity (Wildman–Crippen MR) is 69.3 cm³/mol. The molecule has 3 rings (SSSR count). The molecule has 0 saturated heterocycles. The molecule has 17 heavy (non-hydrogen) atoms. The highest BCUT2D eigenvalue weighted by Gasteiger charge is 2.41. The molecule has 0 radical (unpaired) electrons. The normalized spacial score (nSPS) is 19.4. The number of benzene rings is 1. The number of carbonyl (C=O) groups excluding carboxylic acids is 1. The molecule has 0 aliphatic heterocycles. The van der Waals surface area contributed by atoms with Gasteiger partial charge in [-0.05, 0) is 68.7 Å². The van der Waals surface area contributed by atoms with Crippen LogP contribution in [0.4, 0.5) is 5.69 Å². The van der Waals surface area contributed by atoms with Gasteiger partial charge in [-0.3, -0.25) is 4.79 Å². The summed E-state index contributed by atoms with van der Waals surface area (Å²) in [6.45, 7) is 1.61. The van der Waals surface area contributed by atoms with Crippen molar-refractivity contribution in [2.24, 2.45) is 11.8 Å². The fraction of sp³-hybridized carbons (Fsp3) is 0.533. The topological polar surface area (TPSA) is 29.1 Å². The monoisotopic (exact) mass is 229 g/mol. The Morgan fingerprint density at radius 1 is 1.12 bits per heavy atom. The molecule has 0 unspecified atom stereocenters. The highest BCUT2D eigenvalue weighted by atomic mass is 16.1. The maximum Gasteiger partial charge on any atom is 0.159 e. The van der Waals surface area contributed by atoms with Gasteiger partial charge in [-0.15, -0.1) is 0 Å². The summed E-state index contributed by atoms with van der Waals surface area (Å²) in [5.41, 5.74) is 1.96. The molecule has 1 N–H and O–H groups in total. The lowest BCUT2D eigenvalue weighted by Crippen LogP contribution is -2.24. The van der Waals surface area contributed by atoms with E-state index in [1.165, 1.54) is 31.4 Å². The molecule has 90 valence electrons. The minimum Gasteiger partial charge on any atom is -0.382 e. The summed E-state index contributed by atoms with van der Waals surface area (Å²) < 4.78 is 0. The molecule has 2 saturated carbocycles. The van der Waals surface area contributed by atoms with Gasteiger partial charge in [0.25, 0.3) is 0 Å². The summed E-state index contributed by atoms with van der Waals surface area (Å²) in [7, 11) is 0. The quantitative estimate of drug-likeness (QED) is 0.783. The second-order valence-electron chi connectivity index (χ2n) is 5.48. The van der Waals surface area contributed by atoms with Crippen LogP contribution in [0.25, 0.3) is 0 Å². The fourth-order valence-electron chi connectivity index (χ4n) is 2.52. The van der Waals surface area contributed by atoms with Gasteiger partial charge in [-0.25, -0.2) is 0 Å². The Morgan fingerprint density at radius 2 is 1.65 bits per heavy atom. The second kappa shape index (κ2) is 4.17. The zero-order valence-electron chi connectivity index (χ0n) is 10.3. The van der Waals surface area contributed by atoms with Gasteiger partial charge < -0.3 is 5.32 Å². The van der Waals surface area contributed by atoms with Crippen LogP contribution in [0.2, 0.25) is 0 Å². The van der Waals surface area contributed by atoms with E-state index >= 15 is 0 Å². The highest BCUT2D eigenvalue weighted by molar-refractivity contribution is 5.94. The van der Waals surface area contributed by atoms with Gasteiger partial charge in [-0.1, -0.05) is 0 Å². The first-order chi connectivity index (χ1) is 8.24. The van der Waals surface area contributed by atoms with E-state index in [0.717, 1.165) is 17.4 Å². The fourth-order valence-corrected chi connectivity index (χ4v) is 2.52.